The molecule has 244 valence electrons. The van der Waals surface area contributed by atoms with Crippen LogP contribution in [0.15, 0.2) is 18.2 Å². The molecule has 4 rings (SSSR count). The number of carbonyl (C=O) groups is 1. The summed E-state index contributed by atoms with van der Waals surface area (Å²) in [4.78, 5) is 10.6. The minimum Gasteiger partial charge on any atom is -0.543 e. The van der Waals surface area contributed by atoms with Crippen LogP contribution in [-0.4, -0.2) is 35.7 Å². The lowest BCUT2D eigenvalue weighted by Gasteiger charge is -2.54. The van der Waals surface area contributed by atoms with Crippen LogP contribution < -0.4 is 9.74 Å². The van der Waals surface area contributed by atoms with E-state index in [1.165, 1.54) is 57.8 Å². The van der Waals surface area contributed by atoms with Crippen molar-refractivity contribution < 1.29 is 13.6 Å². The summed E-state index contributed by atoms with van der Waals surface area (Å²) in [5, 5.41) is 3.27. The number of fused-ring (bicyclic) bond motifs is 5. The molecule has 6 heteroatoms. The van der Waals surface area contributed by atoms with Gasteiger partial charge in [-0.3, -0.25) is 4.79 Å². The standard InChI is InChI=1S/C37H65NO3Si2/c1-35(2,3)42(8,9)40-29-17-18-30-28(25-29)24-27(16-14-12-13-15-23-38-26-39)34-31(30)21-22-37(7)32(34)19-20-33(37)41-43(10,11)36(4,5)6/h17-18,25-27,31-34H,12-16,19-24H2,1-11H3,(H,38,39)/t27-,31-,32+,33+,34-,37+/m1/s1. The number of carbonyl (C=O) groups excluding carboxylic acids is 1. The zero-order valence-corrected chi connectivity index (χ0v) is 31.7. The molecule has 43 heavy (non-hydrogen) atoms. The predicted octanol–water partition coefficient (Wildman–Crippen LogP) is 10.2. The van der Waals surface area contributed by atoms with Gasteiger partial charge in [-0.1, -0.05) is 73.8 Å². The summed E-state index contributed by atoms with van der Waals surface area (Å²) in [7, 11) is -3.72. The number of benzene rings is 1. The Kier molecular flexibility index (Phi) is 10.5. The largest absolute Gasteiger partial charge is 0.543 e. The van der Waals surface area contributed by atoms with E-state index in [0.29, 0.717) is 17.4 Å². The van der Waals surface area contributed by atoms with E-state index >= 15 is 0 Å². The van der Waals surface area contributed by atoms with Gasteiger partial charge in [0.2, 0.25) is 14.7 Å². The Morgan fingerprint density at radius 1 is 0.930 bits per heavy atom. The second-order valence-electron chi connectivity index (χ2n) is 17.7. The Balaban J connectivity index is 1.59. The third-order valence-electron chi connectivity index (χ3n) is 12.9. The molecule has 1 aromatic rings. The van der Waals surface area contributed by atoms with Crippen LogP contribution in [0.3, 0.4) is 0 Å². The van der Waals surface area contributed by atoms with E-state index in [4.69, 9.17) is 8.85 Å². The Bertz CT molecular complexity index is 1100. The number of nitrogens with one attached hydrogen (secondary N) is 1. The van der Waals surface area contributed by atoms with Crippen molar-refractivity contribution >= 4 is 23.0 Å². The maximum Gasteiger partial charge on any atom is 0.250 e. The highest BCUT2D eigenvalue weighted by atomic mass is 28.4. The van der Waals surface area contributed by atoms with Gasteiger partial charge in [0.1, 0.15) is 5.75 Å². The fraction of sp³-hybridized carbons (Fsp3) is 0.811. The van der Waals surface area contributed by atoms with Crippen molar-refractivity contribution in [2.45, 2.75) is 161 Å². The van der Waals surface area contributed by atoms with E-state index in [2.05, 4.69) is 98.2 Å². The molecule has 0 saturated heterocycles. The van der Waals surface area contributed by atoms with Crippen molar-refractivity contribution in [3.8, 4) is 5.75 Å². The summed E-state index contributed by atoms with van der Waals surface area (Å²) in [6.45, 7) is 27.2. The first-order valence-corrected chi connectivity index (χ1v) is 23.4. The van der Waals surface area contributed by atoms with E-state index in [-0.39, 0.29) is 10.1 Å². The number of unbranched alkanes of at least 4 members (excludes halogenated alkanes) is 3. The summed E-state index contributed by atoms with van der Waals surface area (Å²) in [6, 6.07) is 7.21. The van der Waals surface area contributed by atoms with Gasteiger partial charge in [-0.05, 0) is 134 Å². The third-order valence-corrected chi connectivity index (χ3v) is 21.8. The summed E-state index contributed by atoms with van der Waals surface area (Å²) in [6.07, 6.45) is 13.7. The fourth-order valence-corrected chi connectivity index (χ4v) is 10.8. The van der Waals surface area contributed by atoms with Crippen LogP contribution in [-0.2, 0) is 15.6 Å². The first-order valence-electron chi connectivity index (χ1n) is 17.6. The number of hydrogen-bond donors (Lipinski definition) is 1. The van der Waals surface area contributed by atoms with Crippen molar-refractivity contribution in [1.29, 1.82) is 0 Å². The normalized spacial score (nSPS) is 29.4. The van der Waals surface area contributed by atoms with E-state index in [9.17, 15) is 4.79 Å². The van der Waals surface area contributed by atoms with Gasteiger partial charge in [0.25, 0.3) is 0 Å². The molecular weight excluding hydrogens is 563 g/mol. The van der Waals surface area contributed by atoms with E-state index in [1.807, 2.05) is 0 Å². The van der Waals surface area contributed by atoms with Crippen molar-refractivity contribution in [2.24, 2.45) is 23.2 Å². The highest BCUT2D eigenvalue weighted by Gasteiger charge is 2.58. The third kappa shape index (κ3) is 7.32. The summed E-state index contributed by atoms with van der Waals surface area (Å²) in [5.74, 6) is 3.99. The Morgan fingerprint density at radius 3 is 2.26 bits per heavy atom. The molecule has 0 aromatic heterocycles. The van der Waals surface area contributed by atoms with Crippen LogP contribution in [0.2, 0.25) is 36.3 Å². The Morgan fingerprint density at radius 2 is 1.60 bits per heavy atom. The molecule has 0 bridgehead atoms. The molecule has 1 N–H and O–H groups in total. The molecule has 1 aromatic carbocycles. The van der Waals surface area contributed by atoms with Gasteiger partial charge in [0.15, 0.2) is 8.32 Å². The van der Waals surface area contributed by atoms with Crippen molar-refractivity contribution in [2.75, 3.05) is 6.54 Å². The average Bonchev–Trinajstić information content (AvgIpc) is 3.21. The van der Waals surface area contributed by atoms with Gasteiger partial charge >= 0.3 is 0 Å². The van der Waals surface area contributed by atoms with Gasteiger partial charge in [-0.15, -0.1) is 0 Å². The minimum atomic E-state index is -1.89. The predicted molar refractivity (Wildman–Crippen MR) is 187 cm³/mol. The van der Waals surface area contributed by atoms with Gasteiger partial charge in [-0.25, -0.2) is 0 Å². The van der Waals surface area contributed by atoms with Crippen molar-refractivity contribution in [1.82, 2.24) is 5.32 Å². The van der Waals surface area contributed by atoms with Gasteiger partial charge in [-0.2, -0.15) is 0 Å². The second kappa shape index (κ2) is 12.9. The molecule has 0 radical (unpaired) electrons. The zero-order chi connectivity index (χ0) is 31.8. The van der Waals surface area contributed by atoms with Crippen LogP contribution in [0.1, 0.15) is 123 Å². The zero-order valence-electron chi connectivity index (χ0n) is 29.7. The molecule has 3 aliphatic rings. The Hall–Kier alpha value is -1.12. The van der Waals surface area contributed by atoms with E-state index < -0.39 is 16.6 Å². The van der Waals surface area contributed by atoms with Crippen LogP contribution >= 0.6 is 0 Å². The number of amides is 1. The van der Waals surface area contributed by atoms with Crippen LogP contribution in [0.4, 0.5) is 0 Å². The number of rotatable bonds is 12. The Labute approximate surface area is 267 Å². The van der Waals surface area contributed by atoms with E-state index in [0.717, 1.165) is 42.9 Å². The lowest BCUT2D eigenvalue weighted by molar-refractivity contribution is -0.109. The van der Waals surface area contributed by atoms with Gasteiger partial charge in [0, 0.05) is 6.54 Å². The molecule has 6 atom stereocenters. The van der Waals surface area contributed by atoms with E-state index in [1.54, 1.807) is 11.1 Å². The molecule has 0 spiro atoms. The van der Waals surface area contributed by atoms with Crippen LogP contribution in [0, 0.1) is 23.2 Å². The molecule has 2 saturated carbocycles. The molecular formula is C37H65NO3Si2. The second-order valence-corrected chi connectivity index (χ2v) is 27.2. The van der Waals surface area contributed by atoms with Gasteiger partial charge in [0.05, 0.1) is 6.10 Å². The average molecular weight is 628 g/mol. The van der Waals surface area contributed by atoms with Crippen molar-refractivity contribution in [3.63, 3.8) is 0 Å². The topological polar surface area (TPSA) is 47.6 Å². The van der Waals surface area contributed by atoms with Gasteiger partial charge < -0.3 is 14.2 Å². The minimum absolute atomic E-state index is 0.192. The molecule has 3 aliphatic carbocycles. The molecule has 4 nitrogen and oxygen atoms in total. The quantitative estimate of drug-likeness (QED) is 0.142. The lowest BCUT2D eigenvalue weighted by Crippen LogP contribution is -2.51. The summed E-state index contributed by atoms with van der Waals surface area (Å²) >= 11 is 0. The fourth-order valence-electron chi connectivity index (χ4n) is 8.28. The maximum atomic E-state index is 10.6. The van der Waals surface area contributed by atoms with Crippen LogP contribution in [0.5, 0.6) is 5.75 Å². The lowest BCUT2D eigenvalue weighted by atomic mass is 9.52. The smallest absolute Gasteiger partial charge is 0.250 e. The maximum absolute atomic E-state index is 10.6. The molecule has 2 fully saturated rings. The first-order chi connectivity index (χ1) is 19.9. The molecule has 0 unspecified atom stereocenters. The van der Waals surface area contributed by atoms with Crippen LogP contribution in [0.25, 0.3) is 0 Å². The molecule has 0 heterocycles. The summed E-state index contributed by atoms with van der Waals surface area (Å²) in [5.41, 5.74) is 3.48. The first kappa shape index (κ1) is 34.8. The summed E-state index contributed by atoms with van der Waals surface area (Å²) < 4.78 is 14.1. The molecule has 0 aliphatic heterocycles. The van der Waals surface area contributed by atoms with Crippen molar-refractivity contribution in [3.05, 3.63) is 29.3 Å². The number of hydrogen-bond acceptors (Lipinski definition) is 3. The highest BCUT2D eigenvalue weighted by Crippen LogP contribution is 2.64. The highest BCUT2D eigenvalue weighted by molar-refractivity contribution is 6.75. The SMILES string of the molecule is CC(C)(C)[Si](C)(C)Oc1ccc2c(c1)C[C@@H](CCCCCCNC=O)[C@@H]1[C@@H]2CC[C@]2(C)[C@@H](O[Si](C)(C)C(C)(C)C)CC[C@@H]12. The molecule has 1 amide bonds. The monoisotopic (exact) mass is 627 g/mol.